The fourth-order valence-electron chi connectivity index (χ4n) is 1.66. The van der Waals surface area contributed by atoms with Crippen LogP contribution in [0.25, 0.3) is 0 Å². The number of carbonyl (C=O) groups is 1. The summed E-state index contributed by atoms with van der Waals surface area (Å²) in [5, 5.41) is 3.45. The van der Waals surface area contributed by atoms with E-state index in [1.165, 1.54) is 18.4 Å². The van der Waals surface area contributed by atoms with Gasteiger partial charge in [0.2, 0.25) is 0 Å². The van der Waals surface area contributed by atoms with Gasteiger partial charge in [-0.25, -0.2) is 4.79 Å². The minimum absolute atomic E-state index is 0.0634. The van der Waals surface area contributed by atoms with Gasteiger partial charge >= 0.3 is 5.97 Å². The first-order chi connectivity index (χ1) is 9.19. The summed E-state index contributed by atoms with van der Waals surface area (Å²) in [6.07, 6.45) is 2.56. The Morgan fingerprint density at radius 1 is 1.47 bits per heavy atom. The number of hydrogen-bond acceptors (Lipinski definition) is 4. The van der Waals surface area contributed by atoms with E-state index in [0.717, 1.165) is 11.0 Å². The molecule has 5 heteroatoms. The molecular formula is C14H18BrNO3. The molecule has 0 atom stereocenters. The second-order valence-electron chi connectivity index (χ2n) is 4.51. The number of carbonyl (C=O) groups excluding carboxylic acids is 1. The molecule has 0 saturated heterocycles. The van der Waals surface area contributed by atoms with Gasteiger partial charge in [0.15, 0.2) is 6.61 Å². The average Bonchev–Trinajstić information content (AvgIpc) is 3.19. The molecule has 0 aromatic heterocycles. The lowest BCUT2D eigenvalue weighted by Crippen LogP contribution is -2.16. The van der Waals surface area contributed by atoms with Crippen molar-refractivity contribution >= 4 is 21.9 Å². The molecule has 0 radical (unpaired) electrons. The zero-order chi connectivity index (χ0) is 13.7. The number of ether oxygens (including phenoxy) is 2. The van der Waals surface area contributed by atoms with Gasteiger partial charge in [0, 0.05) is 12.6 Å². The van der Waals surface area contributed by atoms with Gasteiger partial charge in [-0.3, -0.25) is 0 Å². The first-order valence-corrected chi connectivity index (χ1v) is 7.28. The molecule has 2 rings (SSSR count). The van der Waals surface area contributed by atoms with Crippen molar-refractivity contribution in [3.05, 3.63) is 28.2 Å². The van der Waals surface area contributed by atoms with Crippen LogP contribution in [0.15, 0.2) is 22.7 Å². The second-order valence-corrected chi connectivity index (χ2v) is 5.37. The Morgan fingerprint density at radius 3 is 2.89 bits per heavy atom. The largest absolute Gasteiger partial charge is 0.481 e. The SMILES string of the molecule is CCOC(=O)COc1ccc(CNC2CC2)cc1Br. The van der Waals surface area contributed by atoms with Crippen LogP contribution in [-0.2, 0) is 16.1 Å². The normalized spacial score (nSPS) is 14.2. The predicted octanol–water partition coefficient (Wildman–Crippen LogP) is 2.64. The van der Waals surface area contributed by atoms with E-state index >= 15 is 0 Å². The van der Waals surface area contributed by atoms with Crippen LogP contribution in [0.3, 0.4) is 0 Å². The van der Waals surface area contributed by atoms with Gasteiger partial charge in [-0.15, -0.1) is 0 Å². The Balaban J connectivity index is 1.84. The van der Waals surface area contributed by atoms with Crippen LogP contribution in [0.4, 0.5) is 0 Å². The summed E-state index contributed by atoms with van der Waals surface area (Å²) in [5.74, 6) is 0.303. The monoisotopic (exact) mass is 327 g/mol. The molecule has 1 aliphatic rings. The fraction of sp³-hybridized carbons (Fsp3) is 0.500. The Hall–Kier alpha value is -1.07. The van der Waals surface area contributed by atoms with Gasteiger partial charge in [0.1, 0.15) is 5.75 Å². The first kappa shape index (κ1) is 14.3. The van der Waals surface area contributed by atoms with Gasteiger partial charge in [0.25, 0.3) is 0 Å². The molecule has 1 N–H and O–H groups in total. The maximum Gasteiger partial charge on any atom is 0.344 e. The van der Waals surface area contributed by atoms with Gasteiger partial charge < -0.3 is 14.8 Å². The maximum atomic E-state index is 11.2. The van der Waals surface area contributed by atoms with E-state index in [0.29, 0.717) is 18.4 Å². The van der Waals surface area contributed by atoms with E-state index in [9.17, 15) is 4.79 Å². The van der Waals surface area contributed by atoms with Crippen molar-refractivity contribution < 1.29 is 14.3 Å². The molecule has 104 valence electrons. The molecular weight excluding hydrogens is 310 g/mol. The molecule has 0 amide bonds. The van der Waals surface area contributed by atoms with Gasteiger partial charge in [-0.05, 0) is 53.4 Å². The van der Waals surface area contributed by atoms with Crippen LogP contribution in [0.1, 0.15) is 25.3 Å². The van der Waals surface area contributed by atoms with Crippen molar-refractivity contribution in [1.29, 1.82) is 0 Å². The Labute approximate surface area is 121 Å². The quantitative estimate of drug-likeness (QED) is 0.782. The van der Waals surface area contributed by atoms with E-state index in [4.69, 9.17) is 9.47 Å². The Kier molecular flexibility index (Phi) is 5.22. The molecule has 0 aliphatic heterocycles. The summed E-state index contributed by atoms with van der Waals surface area (Å²) in [6.45, 7) is 2.94. The Bertz CT molecular complexity index is 446. The maximum absolute atomic E-state index is 11.2. The van der Waals surface area contributed by atoms with Crippen molar-refractivity contribution in [2.75, 3.05) is 13.2 Å². The van der Waals surface area contributed by atoms with Crippen molar-refractivity contribution in [1.82, 2.24) is 5.32 Å². The highest BCUT2D eigenvalue weighted by Gasteiger charge is 2.20. The number of halogens is 1. The van der Waals surface area contributed by atoms with Crippen LogP contribution < -0.4 is 10.1 Å². The summed E-state index contributed by atoms with van der Waals surface area (Å²) < 4.78 is 11.1. The summed E-state index contributed by atoms with van der Waals surface area (Å²) in [6, 6.07) is 6.57. The van der Waals surface area contributed by atoms with Crippen LogP contribution in [0, 0.1) is 0 Å². The molecule has 1 fully saturated rings. The summed E-state index contributed by atoms with van der Waals surface area (Å²) in [5.41, 5.74) is 1.20. The third-order valence-corrected chi connectivity index (χ3v) is 3.44. The Morgan fingerprint density at radius 2 is 2.26 bits per heavy atom. The molecule has 1 aliphatic carbocycles. The smallest absolute Gasteiger partial charge is 0.344 e. The van der Waals surface area contributed by atoms with Gasteiger partial charge in [-0.1, -0.05) is 6.07 Å². The first-order valence-electron chi connectivity index (χ1n) is 6.49. The van der Waals surface area contributed by atoms with E-state index in [-0.39, 0.29) is 12.6 Å². The third kappa shape index (κ3) is 4.84. The molecule has 1 saturated carbocycles. The van der Waals surface area contributed by atoms with Gasteiger partial charge in [-0.2, -0.15) is 0 Å². The van der Waals surface area contributed by atoms with E-state index in [1.807, 2.05) is 18.2 Å². The number of nitrogens with one attached hydrogen (secondary N) is 1. The lowest BCUT2D eigenvalue weighted by Gasteiger charge is -2.09. The van der Waals surface area contributed by atoms with Crippen molar-refractivity contribution in [2.24, 2.45) is 0 Å². The summed E-state index contributed by atoms with van der Waals surface area (Å²) in [7, 11) is 0. The molecule has 4 nitrogen and oxygen atoms in total. The number of hydrogen-bond donors (Lipinski definition) is 1. The standard InChI is InChI=1S/C14H18BrNO3/c1-2-18-14(17)9-19-13-6-3-10(7-12(13)15)8-16-11-4-5-11/h3,6-7,11,16H,2,4-5,8-9H2,1H3. The minimum Gasteiger partial charge on any atom is -0.481 e. The van der Waals surface area contributed by atoms with Crippen molar-refractivity contribution in [3.8, 4) is 5.75 Å². The summed E-state index contributed by atoms with van der Waals surface area (Å²) in [4.78, 5) is 11.2. The summed E-state index contributed by atoms with van der Waals surface area (Å²) >= 11 is 3.45. The van der Waals surface area contributed by atoms with E-state index in [2.05, 4.69) is 21.2 Å². The second kappa shape index (κ2) is 6.91. The average molecular weight is 328 g/mol. The highest BCUT2D eigenvalue weighted by atomic mass is 79.9. The predicted molar refractivity (Wildman–Crippen MR) is 76.1 cm³/mol. The number of esters is 1. The highest BCUT2D eigenvalue weighted by molar-refractivity contribution is 9.10. The van der Waals surface area contributed by atoms with Crippen molar-refractivity contribution in [2.45, 2.75) is 32.4 Å². The topological polar surface area (TPSA) is 47.6 Å². The zero-order valence-corrected chi connectivity index (χ0v) is 12.5. The van der Waals surface area contributed by atoms with Crippen LogP contribution in [0.2, 0.25) is 0 Å². The zero-order valence-electron chi connectivity index (χ0n) is 10.9. The van der Waals surface area contributed by atoms with Crippen LogP contribution in [0.5, 0.6) is 5.75 Å². The highest BCUT2D eigenvalue weighted by Crippen LogP contribution is 2.26. The third-order valence-electron chi connectivity index (χ3n) is 2.82. The van der Waals surface area contributed by atoms with E-state index in [1.54, 1.807) is 6.92 Å². The fourth-order valence-corrected chi connectivity index (χ4v) is 2.20. The van der Waals surface area contributed by atoms with Crippen molar-refractivity contribution in [3.63, 3.8) is 0 Å². The minimum atomic E-state index is -0.353. The molecule has 0 bridgehead atoms. The van der Waals surface area contributed by atoms with Crippen LogP contribution in [-0.4, -0.2) is 25.2 Å². The van der Waals surface area contributed by atoms with E-state index < -0.39 is 0 Å². The molecule has 0 heterocycles. The molecule has 0 spiro atoms. The van der Waals surface area contributed by atoms with Gasteiger partial charge in [0.05, 0.1) is 11.1 Å². The molecule has 0 unspecified atom stereocenters. The lowest BCUT2D eigenvalue weighted by atomic mass is 10.2. The number of benzene rings is 1. The molecule has 1 aromatic carbocycles. The molecule has 19 heavy (non-hydrogen) atoms. The lowest BCUT2D eigenvalue weighted by molar-refractivity contribution is -0.145. The number of rotatable bonds is 7. The molecule has 1 aromatic rings. The van der Waals surface area contributed by atoms with Crippen LogP contribution >= 0.6 is 15.9 Å².